The molecule has 0 radical (unpaired) electrons. The minimum atomic E-state index is -2.78. The van der Waals surface area contributed by atoms with E-state index in [0.29, 0.717) is 12.6 Å². The Balaban J connectivity index is 1.81. The molecule has 118 valence electrons. The van der Waals surface area contributed by atoms with Gasteiger partial charge in [0.05, 0.1) is 0 Å². The average Bonchev–Trinajstić information content (AvgIpc) is 2.47. The van der Waals surface area contributed by atoms with E-state index in [0.717, 1.165) is 25.2 Å². The molecule has 0 saturated carbocycles. The molecular weight excluding hydrogens is 274 g/mol. The molecule has 0 bridgehead atoms. The first-order chi connectivity index (χ1) is 10.1. The summed E-state index contributed by atoms with van der Waals surface area (Å²) in [6.45, 7) is 3.21. The van der Waals surface area contributed by atoms with E-state index in [-0.39, 0.29) is 5.75 Å². The predicted octanol–water partition coefficient (Wildman–Crippen LogP) is 3.25. The molecule has 1 aliphatic rings. The number of benzene rings is 1. The van der Waals surface area contributed by atoms with Gasteiger partial charge in [0.1, 0.15) is 5.75 Å². The van der Waals surface area contributed by atoms with Crippen molar-refractivity contribution >= 4 is 0 Å². The van der Waals surface area contributed by atoms with Crippen molar-refractivity contribution in [3.8, 4) is 5.75 Å². The standard InChI is InChI=1S/C16H24F2N2O/c1-13(12-20-9-5-2-6-10-20)19-11-14-7-3-4-8-15(14)21-16(17)18/h3-4,7-8,13,16,19H,2,5-6,9-12H2,1H3. The maximum Gasteiger partial charge on any atom is 0.387 e. The van der Waals surface area contributed by atoms with Gasteiger partial charge < -0.3 is 15.0 Å². The van der Waals surface area contributed by atoms with E-state index in [1.165, 1.54) is 19.3 Å². The van der Waals surface area contributed by atoms with Gasteiger partial charge in [-0.25, -0.2) is 0 Å². The highest BCUT2D eigenvalue weighted by Crippen LogP contribution is 2.20. The molecule has 0 amide bonds. The van der Waals surface area contributed by atoms with Gasteiger partial charge in [-0.05, 0) is 38.9 Å². The summed E-state index contributed by atoms with van der Waals surface area (Å²) < 4.78 is 29.3. The summed E-state index contributed by atoms with van der Waals surface area (Å²) in [5.41, 5.74) is 0.767. The summed E-state index contributed by atoms with van der Waals surface area (Å²) in [5, 5.41) is 3.39. The highest BCUT2D eigenvalue weighted by Gasteiger charge is 2.14. The number of hydrogen-bond donors (Lipinski definition) is 1. The van der Waals surface area contributed by atoms with Crippen molar-refractivity contribution in [2.75, 3.05) is 19.6 Å². The lowest BCUT2D eigenvalue weighted by Gasteiger charge is -2.29. The summed E-state index contributed by atoms with van der Waals surface area (Å²) in [6.07, 6.45) is 3.88. The number of para-hydroxylation sites is 1. The van der Waals surface area contributed by atoms with Crippen LogP contribution in [0.1, 0.15) is 31.7 Å². The minimum Gasteiger partial charge on any atom is -0.434 e. The average molecular weight is 298 g/mol. The number of rotatable bonds is 7. The first kappa shape index (κ1) is 16.2. The third-order valence-electron chi connectivity index (χ3n) is 3.81. The SMILES string of the molecule is CC(CN1CCCCC1)NCc1ccccc1OC(F)F. The number of ether oxygens (including phenoxy) is 1. The fraction of sp³-hybridized carbons (Fsp3) is 0.625. The normalized spacial score (nSPS) is 17.9. The van der Waals surface area contributed by atoms with Crippen molar-refractivity contribution in [1.82, 2.24) is 10.2 Å². The first-order valence-electron chi connectivity index (χ1n) is 7.63. The Morgan fingerprint density at radius 2 is 1.90 bits per heavy atom. The first-order valence-corrected chi connectivity index (χ1v) is 7.63. The maximum absolute atomic E-state index is 12.4. The second-order valence-corrected chi connectivity index (χ2v) is 5.63. The Morgan fingerprint density at radius 3 is 2.62 bits per heavy atom. The number of halogens is 2. The Labute approximate surface area is 125 Å². The number of piperidine rings is 1. The van der Waals surface area contributed by atoms with Crippen LogP contribution in [-0.2, 0) is 6.54 Å². The summed E-state index contributed by atoms with van der Waals surface area (Å²) in [7, 11) is 0. The lowest BCUT2D eigenvalue weighted by molar-refractivity contribution is -0.0505. The summed E-state index contributed by atoms with van der Waals surface area (Å²) >= 11 is 0. The Bertz CT molecular complexity index is 422. The van der Waals surface area contributed by atoms with Crippen LogP contribution < -0.4 is 10.1 Å². The van der Waals surface area contributed by atoms with Crippen LogP contribution in [0.3, 0.4) is 0 Å². The summed E-state index contributed by atoms with van der Waals surface area (Å²) in [5.74, 6) is 0.255. The molecule has 1 aromatic carbocycles. The highest BCUT2D eigenvalue weighted by atomic mass is 19.3. The zero-order valence-corrected chi connectivity index (χ0v) is 12.5. The largest absolute Gasteiger partial charge is 0.434 e. The van der Waals surface area contributed by atoms with Crippen LogP contribution in [0.15, 0.2) is 24.3 Å². The second-order valence-electron chi connectivity index (χ2n) is 5.63. The lowest BCUT2D eigenvalue weighted by atomic mass is 10.1. The van der Waals surface area contributed by atoms with E-state index in [1.807, 2.05) is 12.1 Å². The van der Waals surface area contributed by atoms with E-state index >= 15 is 0 Å². The van der Waals surface area contributed by atoms with E-state index in [2.05, 4.69) is 21.9 Å². The zero-order valence-electron chi connectivity index (χ0n) is 12.5. The minimum absolute atomic E-state index is 0.255. The molecule has 0 aliphatic carbocycles. The fourth-order valence-corrected chi connectivity index (χ4v) is 2.74. The van der Waals surface area contributed by atoms with Crippen molar-refractivity contribution in [2.45, 2.75) is 45.4 Å². The fourth-order valence-electron chi connectivity index (χ4n) is 2.74. The van der Waals surface area contributed by atoms with Crippen LogP contribution in [0.2, 0.25) is 0 Å². The molecule has 1 aliphatic heterocycles. The van der Waals surface area contributed by atoms with Gasteiger partial charge >= 0.3 is 6.61 Å². The quantitative estimate of drug-likeness (QED) is 0.836. The van der Waals surface area contributed by atoms with Gasteiger partial charge in [-0.1, -0.05) is 24.6 Å². The molecule has 3 nitrogen and oxygen atoms in total. The molecule has 1 heterocycles. The van der Waals surface area contributed by atoms with Gasteiger partial charge in [-0.2, -0.15) is 8.78 Å². The van der Waals surface area contributed by atoms with Crippen LogP contribution in [0, 0.1) is 0 Å². The van der Waals surface area contributed by atoms with Gasteiger partial charge in [0.15, 0.2) is 0 Å². The molecule has 1 N–H and O–H groups in total. The second kappa shape index (κ2) is 8.29. The van der Waals surface area contributed by atoms with E-state index in [1.54, 1.807) is 12.1 Å². The molecule has 1 fully saturated rings. The molecule has 21 heavy (non-hydrogen) atoms. The molecule has 1 atom stereocenters. The number of nitrogens with one attached hydrogen (secondary N) is 1. The van der Waals surface area contributed by atoms with Crippen molar-refractivity contribution in [1.29, 1.82) is 0 Å². The number of alkyl halides is 2. The maximum atomic E-state index is 12.4. The number of hydrogen-bond acceptors (Lipinski definition) is 3. The third-order valence-corrected chi connectivity index (χ3v) is 3.81. The Hall–Kier alpha value is -1.20. The smallest absolute Gasteiger partial charge is 0.387 e. The van der Waals surface area contributed by atoms with Crippen molar-refractivity contribution in [2.24, 2.45) is 0 Å². The predicted molar refractivity (Wildman–Crippen MR) is 79.7 cm³/mol. The number of likely N-dealkylation sites (tertiary alicyclic amines) is 1. The molecule has 1 aromatic rings. The molecule has 1 unspecified atom stereocenters. The van der Waals surface area contributed by atoms with E-state index in [4.69, 9.17) is 0 Å². The number of nitrogens with zero attached hydrogens (tertiary/aromatic N) is 1. The molecule has 0 aromatic heterocycles. The van der Waals surface area contributed by atoms with Gasteiger partial charge in [0.25, 0.3) is 0 Å². The Morgan fingerprint density at radius 1 is 1.19 bits per heavy atom. The third kappa shape index (κ3) is 5.59. The van der Waals surface area contributed by atoms with Gasteiger partial charge in [0, 0.05) is 24.7 Å². The molecule has 0 spiro atoms. The van der Waals surface area contributed by atoms with Crippen LogP contribution >= 0.6 is 0 Å². The van der Waals surface area contributed by atoms with Crippen LogP contribution in [-0.4, -0.2) is 37.2 Å². The molecule has 5 heteroatoms. The topological polar surface area (TPSA) is 24.5 Å². The van der Waals surface area contributed by atoms with Gasteiger partial charge in [-0.3, -0.25) is 0 Å². The van der Waals surface area contributed by atoms with Crippen LogP contribution in [0.5, 0.6) is 5.75 Å². The van der Waals surface area contributed by atoms with Crippen molar-refractivity contribution in [3.63, 3.8) is 0 Å². The van der Waals surface area contributed by atoms with Gasteiger partial charge in [0.2, 0.25) is 0 Å². The van der Waals surface area contributed by atoms with Crippen LogP contribution in [0.4, 0.5) is 8.78 Å². The molecule has 1 saturated heterocycles. The summed E-state index contributed by atoms with van der Waals surface area (Å²) in [4.78, 5) is 2.46. The Kier molecular flexibility index (Phi) is 6.39. The highest BCUT2D eigenvalue weighted by molar-refractivity contribution is 5.33. The van der Waals surface area contributed by atoms with E-state index in [9.17, 15) is 8.78 Å². The van der Waals surface area contributed by atoms with Gasteiger partial charge in [-0.15, -0.1) is 0 Å². The zero-order chi connectivity index (χ0) is 15.1. The van der Waals surface area contributed by atoms with Crippen LogP contribution in [0.25, 0.3) is 0 Å². The summed E-state index contributed by atoms with van der Waals surface area (Å²) in [6, 6.07) is 7.27. The molecular formula is C16H24F2N2O. The lowest BCUT2D eigenvalue weighted by Crippen LogP contribution is -2.41. The van der Waals surface area contributed by atoms with Crippen molar-refractivity contribution < 1.29 is 13.5 Å². The molecule has 2 rings (SSSR count). The monoisotopic (exact) mass is 298 g/mol. The van der Waals surface area contributed by atoms with E-state index < -0.39 is 6.61 Å². The van der Waals surface area contributed by atoms with Crippen molar-refractivity contribution in [3.05, 3.63) is 29.8 Å².